The first-order chi connectivity index (χ1) is 16.3. The van der Waals surface area contributed by atoms with Crippen molar-refractivity contribution in [1.82, 2.24) is 4.90 Å². The van der Waals surface area contributed by atoms with E-state index in [2.05, 4.69) is 4.98 Å². The lowest BCUT2D eigenvalue weighted by Crippen LogP contribution is -2.29. The first kappa shape index (κ1) is 22.8. The number of nitrogens with zero attached hydrogens (tertiary/aromatic N) is 1. The predicted molar refractivity (Wildman–Crippen MR) is 121 cm³/mol. The number of ketones is 1. The van der Waals surface area contributed by atoms with Crippen molar-refractivity contribution in [3.63, 3.8) is 0 Å². The number of hydrogen-bond donors (Lipinski definition) is 1. The summed E-state index contributed by atoms with van der Waals surface area (Å²) in [6.45, 7) is 1.85. The summed E-state index contributed by atoms with van der Waals surface area (Å²) in [5, 5.41) is 23.7. The van der Waals surface area contributed by atoms with Crippen LogP contribution < -0.4 is 19.6 Å². The number of amides is 1. The van der Waals surface area contributed by atoms with E-state index >= 15 is 0 Å². The van der Waals surface area contributed by atoms with Gasteiger partial charge in [-0.15, -0.1) is 0 Å². The van der Waals surface area contributed by atoms with Crippen LogP contribution in [0, 0.1) is 6.92 Å². The molecule has 2 aromatic carbocycles. The number of benzene rings is 2. The SMILES string of the molecule is COc1ccc(/C([O-])=C2\C(=O)C(=O)N(Cc3ccc[nH+]c3)C2c2ccc(O)c(OC)c2)c(C)c1. The van der Waals surface area contributed by atoms with Crippen LogP contribution in [0.3, 0.4) is 0 Å². The van der Waals surface area contributed by atoms with E-state index in [4.69, 9.17) is 9.47 Å². The van der Waals surface area contributed by atoms with Gasteiger partial charge in [0.25, 0.3) is 5.91 Å². The summed E-state index contributed by atoms with van der Waals surface area (Å²) in [7, 11) is 2.93. The molecular formula is C26H24N2O6. The zero-order valence-electron chi connectivity index (χ0n) is 19.0. The van der Waals surface area contributed by atoms with Crippen molar-refractivity contribution in [2.75, 3.05) is 14.2 Å². The highest BCUT2D eigenvalue weighted by Crippen LogP contribution is 2.42. The maximum atomic E-state index is 13.7. The molecule has 0 saturated carbocycles. The topological polar surface area (TPSA) is 113 Å². The Morgan fingerprint density at radius 1 is 1.12 bits per heavy atom. The molecule has 0 bridgehead atoms. The normalized spacial score (nSPS) is 17.1. The molecule has 3 aromatic rings. The summed E-state index contributed by atoms with van der Waals surface area (Å²) in [5.41, 5.74) is 2.01. The third-order valence-electron chi connectivity index (χ3n) is 5.85. The quantitative estimate of drug-likeness (QED) is 0.342. The van der Waals surface area contributed by atoms with Crippen LogP contribution in [0.2, 0.25) is 0 Å². The number of rotatable bonds is 6. The molecule has 1 amide bonds. The number of aromatic nitrogens is 1. The average molecular weight is 460 g/mol. The number of nitrogens with one attached hydrogen (secondary N) is 1. The second-order valence-electron chi connectivity index (χ2n) is 7.93. The van der Waals surface area contributed by atoms with E-state index in [1.165, 1.54) is 31.3 Å². The minimum Gasteiger partial charge on any atom is -0.872 e. The van der Waals surface area contributed by atoms with Gasteiger partial charge in [-0.1, -0.05) is 17.9 Å². The van der Waals surface area contributed by atoms with Crippen LogP contribution in [0.1, 0.15) is 28.3 Å². The molecule has 2 heterocycles. The zero-order chi connectivity index (χ0) is 24.4. The number of hydrogen-bond acceptors (Lipinski definition) is 6. The monoisotopic (exact) mass is 460 g/mol. The Morgan fingerprint density at radius 3 is 2.56 bits per heavy atom. The number of pyridine rings is 1. The second kappa shape index (κ2) is 9.27. The van der Waals surface area contributed by atoms with Gasteiger partial charge in [0, 0.05) is 17.2 Å². The molecule has 0 aliphatic carbocycles. The standard InChI is InChI=1S/C26H24N2O6/c1-15-11-18(33-2)7-8-19(15)24(30)22-23(17-6-9-20(29)21(12-17)34-3)28(26(32)25(22)31)14-16-5-4-10-27-13-16/h4-13,23,29-30H,14H2,1-3H3/b24-22+. The summed E-state index contributed by atoms with van der Waals surface area (Å²) >= 11 is 0. The number of methoxy groups -OCH3 is 2. The van der Waals surface area contributed by atoms with E-state index in [1.54, 1.807) is 49.6 Å². The van der Waals surface area contributed by atoms with Gasteiger partial charge < -0.3 is 24.6 Å². The van der Waals surface area contributed by atoms with Gasteiger partial charge in [-0.05, 0) is 53.9 Å². The van der Waals surface area contributed by atoms with Crippen molar-refractivity contribution in [2.24, 2.45) is 0 Å². The Hall–Kier alpha value is -4.33. The average Bonchev–Trinajstić information content (AvgIpc) is 3.09. The molecule has 1 saturated heterocycles. The van der Waals surface area contributed by atoms with Crippen molar-refractivity contribution in [2.45, 2.75) is 19.5 Å². The zero-order valence-corrected chi connectivity index (χ0v) is 19.0. The highest BCUT2D eigenvalue weighted by Gasteiger charge is 2.44. The van der Waals surface area contributed by atoms with Gasteiger partial charge in [-0.2, -0.15) is 0 Å². The molecule has 1 unspecified atom stereocenters. The minimum atomic E-state index is -0.955. The highest BCUT2D eigenvalue weighted by atomic mass is 16.5. The lowest BCUT2D eigenvalue weighted by atomic mass is 9.93. The Bertz CT molecular complexity index is 1290. The van der Waals surface area contributed by atoms with Gasteiger partial charge in [0.1, 0.15) is 5.75 Å². The molecule has 8 heteroatoms. The van der Waals surface area contributed by atoms with E-state index < -0.39 is 23.5 Å². The lowest BCUT2D eigenvalue weighted by Gasteiger charge is -2.28. The third-order valence-corrected chi connectivity index (χ3v) is 5.85. The van der Waals surface area contributed by atoms with Gasteiger partial charge in [0.15, 0.2) is 23.9 Å². The van der Waals surface area contributed by atoms with E-state index in [0.29, 0.717) is 22.4 Å². The first-order valence-electron chi connectivity index (χ1n) is 10.6. The van der Waals surface area contributed by atoms with Gasteiger partial charge >= 0.3 is 0 Å². The fourth-order valence-electron chi connectivity index (χ4n) is 4.13. The number of carbonyl (C=O) groups is 2. The number of aromatic hydroxyl groups is 1. The molecule has 174 valence electrons. The van der Waals surface area contributed by atoms with Crippen molar-refractivity contribution < 1.29 is 34.3 Å². The molecule has 4 rings (SSSR count). The molecule has 0 spiro atoms. The fourth-order valence-corrected chi connectivity index (χ4v) is 4.13. The number of carbonyl (C=O) groups excluding carboxylic acids is 2. The van der Waals surface area contributed by atoms with Crippen LogP contribution in [0.4, 0.5) is 0 Å². The van der Waals surface area contributed by atoms with Crippen molar-refractivity contribution in [1.29, 1.82) is 0 Å². The fraction of sp³-hybridized carbons (Fsp3) is 0.192. The number of H-pyrrole nitrogens is 1. The van der Waals surface area contributed by atoms with Crippen molar-refractivity contribution in [3.05, 3.63) is 88.8 Å². The maximum absolute atomic E-state index is 13.7. The van der Waals surface area contributed by atoms with E-state index in [-0.39, 0.29) is 23.6 Å². The van der Waals surface area contributed by atoms with Gasteiger partial charge in [0.05, 0.1) is 26.8 Å². The maximum Gasteiger partial charge on any atom is 0.295 e. The highest BCUT2D eigenvalue weighted by molar-refractivity contribution is 6.46. The number of likely N-dealkylation sites (tertiary alicyclic amines) is 1. The molecule has 8 nitrogen and oxygen atoms in total. The number of Topliss-reactive ketones (excluding diaryl/α,β-unsaturated/α-hetero) is 1. The van der Waals surface area contributed by atoms with Gasteiger partial charge in [0.2, 0.25) is 5.78 Å². The smallest absolute Gasteiger partial charge is 0.295 e. The van der Waals surface area contributed by atoms with Crippen molar-refractivity contribution >= 4 is 17.4 Å². The largest absolute Gasteiger partial charge is 0.872 e. The van der Waals surface area contributed by atoms with Crippen LogP contribution >= 0.6 is 0 Å². The predicted octanol–water partition coefficient (Wildman–Crippen LogP) is 1.96. The molecule has 1 aliphatic heterocycles. The minimum absolute atomic E-state index is 0.0926. The molecule has 1 aliphatic rings. The van der Waals surface area contributed by atoms with Crippen LogP contribution in [0.15, 0.2) is 66.5 Å². The van der Waals surface area contributed by atoms with Crippen LogP contribution in [0.5, 0.6) is 17.2 Å². The van der Waals surface area contributed by atoms with Crippen LogP contribution in [-0.2, 0) is 16.1 Å². The Labute approximate surface area is 196 Å². The first-order valence-corrected chi connectivity index (χ1v) is 10.6. The molecular weight excluding hydrogens is 436 g/mol. The summed E-state index contributed by atoms with van der Waals surface area (Å²) in [6.07, 6.45) is 3.45. The molecule has 34 heavy (non-hydrogen) atoms. The Balaban J connectivity index is 1.91. The summed E-state index contributed by atoms with van der Waals surface area (Å²) in [4.78, 5) is 30.7. The summed E-state index contributed by atoms with van der Waals surface area (Å²) in [6, 6.07) is 12.1. The van der Waals surface area contributed by atoms with E-state index in [9.17, 15) is 19.8 Å². The van der Waals surface area contributed by atoms with Crippen LogP contribution in [-0.4, -0.2) is 35.9 Å². The number of phenolic OH excluding ortho intramolecular Hbond substituents is 1. The molecule has 1 atom stereocenters. The molecule has 0 radical (unpaired) electrons. The summed E-state index contributed by atoms with van der Waals surface area (Å²) in [5.74, 6) is -1.49. The van der Waals surface area contributed by atoms with Crippen molar-refractivity contribution in [3.8, 4) is 17.2 Å². The number of aryl methyl sites for hydroxylation is 1. The lowest BCUT2D eigenvalue weighted by molar-refractivity contribution is -0.378. The Kier molecular flexibility index (Phi) is 6.23. The number of ether oxygens (including phenoxy) is 2. The van der Waals surface area contributed by atoms with Gasteiger partial charge in [-0.25, -0.2) is 4.98 Å². The molecule has 1 aromatic heterocycles. The summed E-state index contributed by atoms with van der Waals surface area (Å²) < 4.78 is 10.4. The van der Waals surface area contributed by atoms with E-state index in [0.717, 1.165) is 5.56 Å². The number of aromatic amines is 1. The van der Waals surface area contributed by atoms with E-state index in [1.807, 2.05) is 6.07 Å². The third kappa shape index (κ3) is 4.05. The van der Waals surface area contributed by atoms with Crippen LogP contribution in [0.25, 0.3) is 5.76 Å². The van der Waals surface area contributed by atoms with Gasteiger partial charge in [-0.3, -0.25) is 9.59 Å². The number of phenols is 1. The Morgan fingerprint density at radius 2 is 1.91 bits per heavy atom. The molecule has 1 fully saturated rings. The second-order valence-corrected chi connectivity index (χ2v) is 7.93. The molecule has 2 N–H and O–H groups in total.